The molecule has 0 N–H and O–H groups in total. The summed E-state index contributed by atoms with van der Waals surface area (Å²) in [5.74, 6) is 4.05. The Labute approximate surface area is 104 Å². The zero-order chi connectivity index (χ0) is 12.1. The van der Waals surface area contributed by atoms with Crippen molar-refractivity contribution in [1.82, 2.24) is 10.2 Å². The second-order valence-corrected chi connectivity index (χ2v) is 4.99. The molecule has 0 radical (unpaired) electrons. The monoisotopic (exact) mass is 228 g/mol. The lowest BCUT2D eigenvalue weighted by Gasteiger charge is -2.27. The lowest BCUT2D eigenvalue weighted by Crippen LogP contribution is -2.14. The van der Waals surface area contributed by atoms with Crippen LogP contribution in [0.4, 0.5) is 0 Å². The van der Waals surface area contributed by atoms with Crippen molar-refractivity contribution in [3.8, 4) is 12.3 Å². The summed E-state index contributed by atoms with van der Waals surface area (Å²) in [6, 6.07) is 3.95. The van der Waals surface area contributed by atoms with Gasteiger partial charge in [-0.1, -0.05) is 19.8 Å². The van der Waals surface area contributed by atoms with Crippen LogP contribution >= 0.6 is 0 Å². The molecule has 0 unspecified atom stereocenters. The van der Waals surface area contributed by atoms with E-state index in [1.54, 1.807) is 0 Å². The molecular weight excluding hydrogens is 208 g/mol. The highest BCUT2D eigenvalue weighted by molar-refractivity contribution is 5.24. The summed E-state index contributed by atoms with van der Waals surface area (Å²) < 4.78 is 0. The van der Waals surface area contributed by atoms with Crippen molar-refractivity contribution in [2.45, 2.75) is 51.4 Å². The highest BCUT2D eigenvalue weighted by Crippen LogP contribution is 2.36. The summed E-state index contributed by atoms with van der Waals surface area (Å²) in [5, 5.41) is 8.29. The number of aromatic nitrogens is 2. The molecule has 1 fully saturated rings. The Morgan fingerprint density at radius 3 is 2.53 bits per heavy atom. The molecule has 0 atom stereocenters. The first-order chi connectivity index (χ1) is 8.33. The van der Waals surface area contributed by atoms with Gasteiger partial charge in [0.1, 0.15) is 5.69 Å². The van der Waals surface area contributed by atoms with E-state index in [0.717, 1.165) is 11.6 Å². The molecule has 0 aromatic carbocycles. The van der Waals surface area contributed by atoms with Gasteiger partial charge in [0.15, 0.2) is 0 Å². The molecule has 1 aromatic rings. The van der Waals surface area contributed by atoms with Gasteiger partial charge in [0, 0.05) is 5.92 Å². The van der Waals surface area contributed by atoms with Crippen LogP contribution in [-0.2, 0) is 0 Å². The summed E-state index contributed by atoms with van der Waals surface area (Å²) in [4.78, 5) is 0. The van der Waals surface area contributed by atoms with Gasteiger partial charge in [0.25, 0.3) is 0 Å². The maximum absolute atomic E-state index is 5.28. The first-order valence-electron chi connectivity index (χ1n) is 6.63. The van der Waals surface area contributed by atoms with Crippen LogP contribution in [0.5, 0.6) is 0 Å². The fraction of sp³-hybridized carbons (Fsp3) is 0.600. The van der Waals surface area contributed by atoms with E-state index in [1.165, 1.54) is 38.5 Å². The Morgan fingerprint density at radius 1 is 1.24 bits per heavy atom. The van der Waals surface area contributed by atoms with E-state index in [0.29, 0.717) is 11.6 Å². The third-order valence-corrected chi connectivity index (χ3v) is 3.80. The second kappa shape index (κ2) is 5.82. The van der Waals surface area contributed by atoms with Crippen molar-refractivity contribution >= 4 is 0 Å². The number of hydrogen-bond acceptors (Lipinski definition) is 2. The largest absolute Gasteiger partial charge is 0.154 e. The van der Waals surface area contributed by atoms with Crippen molar-refractivity contribution in [3.05, 3.63) is 23.5 Å². The van der Waals surface area contributed by atoms with Crippen molar-refractivity contribution in [3.63, 3.8) is 0 Å². The van der Waals surface area contributed by atoms with E-state index in [-0.39, 0.29) is 0 Å². The van der Waals surface area contributed by atoms with Crippen LogP contribution < -0.4 is 0 Å². The number of nitrogens with zero attached hydrogens (tertiary/aromatic N) is 2. The molecule has 1 aliphatic rings. The van der Waals surface area contributed by atoms with Gasteiger partial charge >= 0.3 is 0 Å². The van der Waals surface area contributed by atoms with Crippen molar-refractivity contribution in [2.75, 3.05) is 0 Å². The van der Waals surface area contributed by atoms with Gasteiger partial charge in [-0.3, -0.25) is 0 Å². The van der Waals surface area contributed by atoms with E-state index in [2.05, 4.69) is 23.0 Å². The summed E-state index contributed by atoms with van der Waals surface area (Å²) in [5.41, 5.74) is 1.76. The molecule has 0 aliphatic heterocycles. The van der Waals surface area contributed by atoms with Crippen LogP contribution in [0.2, 0.25) is 0 Å². The number of rotatable bonds is 3. The van der Waals surface area contributed by atoms with Crippen molar-refractivity contribution < 1.29 is 0 Å². The molecule has 0 spiro atoms. The molecule has 2 heteroatoms. The Kier molecular flexibility index (Phi) is 4.14. The first-order valence-corrected chi connectivity index (χ1v) is 6.63. The normalized spacial score (nSPS) is 24.2. The zero-order valence-corrected chi connectivity index (χ0v) is 10.5. The van der Waals surface area contributed by atoms with Gasteiger partial charge in [0.05, 0.1) is 5.69 Å². The number of terminal acetylenes is 1. The van der Waals surface area contributed by atoms with Gasteiger partial charge in [-0.05, 0) is 49.7 Å². The van der Waals surface area contributed by atoms with Crippen molar-refractivity contribution in [1.29, 1.82) is 0 Å². The minimum atomic E-state index is 0.599. The third kappa shape index (κ3) is 3.06. The summed E-state index contributed by atoms with van der Waals surface area (Å²) in [7, 11) is 0. The minimum Gasteiger partial charge on any atom is -0.154 e. The predicted octanol–water partition coefficient (Wildman–Crippen LogP) is 3.53. The Morgan fingerprint density at radius 2 is 2.00 bits per heavy atom. The van der Waals surface area contributed by atoms with Crippen LogP contribution in [0.3, 0.4) is 0 Å². The van der Waals surface area contributed by atoms with E-state index in [9.17, 15) is 0 Å². The smallest absolute Gasteiger partial charge is 0.135 e. The van der Waals surface area contributed by atoms with Crippen LogP contribution in [0.1, 0.15) is 62.8 Å². The van der Waals surface area contributed by atoms with Crippen LogP contribution in [0.25, 0.3) is 0 Å². The maximum Gasteiger partial charge on any atom is 0.135 e. The number of hydrogen-bond donors (Lipinski definition) is 0. The SMILES string of the molecule is C#Cc1ccc(C2CCC(CCC)CC2)nn1. The highest BCUT2D eigenvalue weighted by Gasteiger charge is 2.22. The summed E-state index contributed by atoms with van der Waals surface area (Å²) >= 11 is 0. The predicted molar refractivity (Wildman–Crippen MR) is 69.6 cm³/mol. The van der Waals surface area contributed by atoms with Crippen molar-refractivity contribution in [2.24, 2.45) is 5.92 Å². The Bertz CT molecular complexity index is 380. The summed E-state index contributed by atoms with van der Waals surface area (Å²) in [6.07, 6.45) is 13.2. The molecule has 2 rings (SSSR count). The molecule has 1 aliphatic carbocycles. The molecule has 1 heterocycles. The van der Waals surface area contributed by atoms with Gasteiger partial charge in [0.2, 0.25) is 0 Å². The maximum atomic E-state index is 5.28. The topological polar surface area (TPSA) is 25.8 Å². The van der Waals surface area contributed by atoms with E-state index < -0.39 is 0 Å². The molecular formula is C15H20N2. The van der Waals surface area contributed by atoms with Gasteiger partial charge in [-0.2, -0.15) is 5.10 Å². The third-order valence-electron chi connectivity index (χ3n) is 3.80. The average molecular weight is 228 g/mol. The molecule has 0 bridgehead atoms. The lowest BCUT2D eigenvalue weighted by molar-refractivity contribution is 0.304. The van der Waals surface area contributed by atoms with E-state index in [4.69, 9.17) is 6.42 Å². The Hall–Kier alpha value is -1.36. The fourth-order valence-corrected chi connectivity index (χ4v) is 2.79. The van der Waals surface area contributed by atoms with Crippen LogP contribution in [0, 0.1) is 18.3 Å². The highest BCUT2D eigenvalue weighted by atomic mass is 15.1. The first kappa shape index (κ1) is 12.1. The molecule has 2 nitrogen and oxygen atoms in total. The van der Waals surface area contributed by atoms with Crippen LogP contribution in [-0.4, -0.2) is 10.2 Å². The fourth-order valence-electron chi connectivity index (χ4n) is 2.79. The van der Waals surface area contributed by atoms with Crippen LogP contribution in [0.15, 0.2) is 12.1 Å². The molecule has 0 saturated heterocycles. The molecule has 17 heavy (non-hydrogen) atoms. The molecule has 1 aromatic heterocycles. The van der Waals surface area contributed by atoms with Gasteiger partial charge in [-0.15, -0.1) is 11.5 Å². The Balaban J connectivity index is 1.94. The molecule has 90 valence electrons. The van der Waals surface area contributed by atoms with Gasteiger partial charge in [-0.25, -0.2) is 0 Å². The molecule has 1 saturated carbocycles. The minimum absolute atomic E-state index is 0.599. The summed E-state index contributed by atoms with van der Waals surface area (Å²) in [6.45, 7) is 2.27. The van der Waals surface area contributed by atoms with Gasteiger partial charge < -0.3 is 0 Å². The van der Waals surface area contributed by atoms with E-state index in [1.807, 2.05) is 12.1 Å². The second-order valence-electron chi connectivity index (χ2n) is 4.99. The van der Waals surface area contributed by atoms with E-state index >= 15 is 0 Å². The average Bonchev–Trinajstić information content (AvgIpc) is 2.40. The quantitative estimate of drug-likeness (QED) is 0.740. The zero-order valence-electron chi connectivity index (χ0n) is 10.5. The lowest BCUT2D eigenvalue weighted by atomic mass is 9.79. The molecule has 0 amide bonds. The standard InChI is InChI=1S/C15H20N2/c1-3-5-12-6-8-13(9-7-12)15-11-10-14(4-2)16-17-15/h2,10-13H,3,5-9H2,1H3.